The molecule has 0 atom stereocenters. The van der Waals surface area contributed by atoms with Crippen molar-refractivity contribution in [2.75, 3.05) is 0 Å². The number of aromatic nitrogens is 4. The zero-order valence-electron chi connectivity index (χ0n) is 37.1. The first-order valence-corrected chi connectivity index (χ1v) is 23.3. The number of fused-ring (bicyclic) bond motifs is 15. The molecule has 0 fully saturated rings. The summed E-state index contributed by atoms with van der Waals surface area (Å²) in [7, 11) is 0. The van der Waals surface area contributed by atoms with Gasteiger partial charge in [0.15, 0.2) is 0 Å². The van der Waals surface area contributed by atoms with E-state index in [1.807, 2.05) is 0 Å². The van der Waals surface area contributed by atoms with Gasteiger partial charge in [0, 0.05) is 71.3 Å². The van der Waals surface area contributed by atoms with Crippen LogP contribution in [0.5, 0.6) is 0 Å². The lowest BCUT2D eigenvalue weighted by atomic mass is 9.82. The van der Waals surface area contributed by atoms with E-state index in [1.54, 1.807) is 0 Å². The molecule has 10 aromatic carbocycles. The minimum absolute atomic E-state index is 0.254. The molecular formula is C63H42N4. The summed E-state index contributed by atoms with van der Waals surface area (Å²) in [6.07, 6.45) is 0. The van der Waals surface area contributed by atoms with E-state index < -0.39 is 0 Å². The monoisotopic (exact) mass is 854 g/mol. The highest BCUT2D eigenvalue weighted by Crippen LogP contribution is 2.51. The van der Waals surface area contributed by atoms with Crippen LogP contribution < -0.4 is 0 Å². The van der Waals surface area contributed by atoms with Crippen molar-refractivity contribution in [1.29, 1.82) is 0 Å². The van der Waals surface area contributed by atoms with Gasteiger partial charge in [-0.3, -0.25) is 0 Å². The molecule has 0 amide bonds. The van der Waals surface area contributed by atoms with Crippen LogP contribution in [0.15, 0.2) is 218 Å². The van der Waals surface area contributed by atoms with Gasteiger partial charge in [-0.1, -0.05) is 147 Å². The smallest absolute Gasteiger partial charge is 0.0561 e. The van der Waals surface area contributed by atoms with Crippen molar-refractivity contribution in [2.45, 2.75) is 19.3 Å². The molecule has 0 spiro atoms. The molecule has 0 bridgehead atoms. The van der Waals surface area contributed by atoms with Crippen LogP contribution in [-0.4, -0.2) is 18.3 Å². The molecule has 4 heterocycles. The Morgan fingerprint density at radius 2 is 0.478 bits per heavy atom. The molecule has 4 aromatic heterocycles. The Labute approximate surface area is 386 Å². The standard InChI is InChI=1S/C63H42N4/c1-63(2)53-35-39(66-59-25-13-7-19-49(59)51-33-29-41(37-61(51)66)64-55-21-9-3-15-45(55)46-16-4-10-22-56(46)64)27-31-43(53)44-32-28-40(36-54(44)63)67-60-26-14-8-20-50(60)52-34-30-42(38-62(52)67)65-57-23-11-5-17-47(57)48-18-6-12-24-58(48)65/h3-38H,1-2H3. The molecule has 1 aliphatic carbocycles. The Kier molecular flexibility index (Phi) is 7.26. The first kappa shape index (κ1) is 36.7. The first-order chi connectivity index (χ1) is 33.0. The van der Waals surface area contributed by atoms with Crippen LogP contribution in [0, 0.1) is 0 Å². The second-order valence-electron chi connectivity index (χ2n) is 18.9. The third-order valence-electron chi connectivity index (χ3n) is 15.2. The average Bonchev–Trinajstić information content (AvgIpc) is 4.14. The highest BCUT2D eigenvalue weighted by Gasteiger charge is 2.36. The number of hydrogen-bond donors (Lipinski definition) is 0. The maximum absolute atomic E-state index is 2.49. The van der Waals surface area contributed by atoms with Crippen LogP contribution in [0.4, 0.5) is 0 Å². The summed E-state index contributed by atoms with van der Waals surface area (Å²) in [6, 6.07) is 81.2. The molecule has 1 aliphatic rings. The highest BCUT2D eigenvalue weighted by atomic mass is 15.0. The van der Waals surface area contributed by atoms with Crippen molar-refractivity contribution in [3.05, 3.63) is 230 Å². The van der Waals surface area contributed by atoms with Gasteiger partial charge >= 0.3 is 0 Å². The van der Waals surface area contributed by atoms with Crippen molar-refractivity contribution in [2.24, 2.45) is 0 Å². The molecule has 0 unspecified atom stereocenters. The van der Waals surface area contributed by atoms with Crippen molar-refractivity contribution in [3.63, 3.8) is 0 Å². The van der Waals surface area contributed by atoms with Crippen LogP contribution in [0.25, 0.3) is 121 Å². The van der Waals surface area contributed by atoms with Crippen LogP contribution >= 0.6 is 0 Å². The number of para-hydroxylation sites is 6. The summed E-state index contributed by atoms with van der Waals surface area (Å²) in [5, 5.41) is 10.1. The molecule has 67 heavy (non-hydrogen) atoms. The predicted molar refractivity (Wildman–Crippen MR) is 281 cm³/mol. The zero-order valence-corrected chi connectivity index (χ0v) is 37.1. The van der Waals surface area contributed by atoms with Crippen molar-refractivity contribution in [3.8, 4) is 33.9 Å². The van der Waals surface area contributed by atoms with Crippen molar-refractivity contribution < 1.29 is 0 Å². The van der Waals surface area contributed by atoms with Gasteiger partial charge in [-0.15, -0.1) is 0 Å². The van der Waals surface area contributed by atoms with E-state index in [0.29, 0.717) is 0 Å². The SMILES string of the molecule is CC1(C)c2cc(-n3c4ccccc4c4ccc(-n5c6ccccc6c6ccccc65)cc43)ccc2-c2ccc(-n3c4ccccc4c4ccc(-n5c6ccccc6c6ccccc65)cc43)cc21. The van der Waals surface area contributed by atoms with Gasteiger partial charge in [0.2, 0.25) is 0 Å². The van der Waals surface area contributed by atoms with Crippen molar-refractivity contribution in [1.82, 2.24) is 18.3 Å². The largest absolute Gasteiger partial charge is 0.309 e. The van der Waals surface area contributed by atoms with Gasteiger partial charge in [-0.25, -0.2) is 0 Å². The molecular weight excluding hydrogens is 813 g/mol. The maximum Gasteiger partial charge on any atom is 0.0561 e. The average molecular weight is 855 g/mol. The maximum atomic E-state index is 2.49. The van der Waals surface area contributed by atoms with Crippen LogP contribution in [0.2, 0.25) is 0 Å². The molecule has 14 aromatic rings. The van der Waals surface area contributed by atoms with Gasteiger partial charge in [0.25, 0.3) is 0 Å². The molecule has 0 radical (unpaired) electrons. The van der Waals surface area contributed by atoms with E-state index >= 15 is 0 Å². The van der Waals surface area contributed by atoms with E-state index in [1.165, 1.54) is 121 Å². The molecule has 0 aliphatic heterocycles. The third kappa shape index (κ3) is 4.91. The number of hydrogen-bond acceptors (Lipinski definition) is 0. The summed E-state index contributed by atoms with van der Waals surface area (Å²) in [5.74, 6) is 0. The lowest BCUT2D eigenvalue weighted by Crippen LogP contribution is -2.16. The molecule has 4 heteroatoms. The Bertz CT molecular complexity index is 4040. The normalized spacial score (nSPS) is 13.3. The van der Waals surface area contributed by atoms with Gasteiger partial charge in [0.1, 0.15) is 0 Å². The quantitative estimate of drug-likeness (QED) is 0.168. The molecule has 4 nitrogen and oxygen atoms in total. The first-order valence-electron chi connectivity index (χ1n) is 23.3. The third-order valence-corrected chi connectivity index (χ3v) is 15.2. The second kappa shape index (κ2) is 13.2. The Morgan fingerprint density at radius 1 is 0.239 bits per heavy atom. The van der Waals surface area contributed by atoms with Crippen LogP contribution in [0.1, 0.15) is 25.0 Å². The second-order valence-corrected chi connectivity index (χ2v) is 18.9. The van der Waals surface area contributed by atoms with E-state index in [4.69, 9.17) is 0 Å². The van der Waals surface area contributed by atoms with Gasteiger partial charge < -0.3 is 18.3 Å². The Morgan fingerprint density at radius 3 is 0.791 bits per heavy atom. The van der Waals surface area contributed by atoms with Crippen molar-refractivity contribution >= 4 is 87.2 Å². The summed E-state index contributed by atoms with van der Waals surface area (Å²) in [6.45, 7) is 4.81. The summed E-state index contributed by atoms with van der Waals surface area (Å²) >= 11 is 0. The predicted octanol–water partition coefficient (Wildman–Crippen LogP) is 16.4. The molecule has 0 saturated carbocycles. The van der Waals surface area contributed by atoms with E-state index in [0.717, 1.165) is 11.4 Å². The van der Waals surface area contributed by atoms with Crippen LogP contribution in [-0.2, 0) is 5.41 Å². The minimum atomic E-state index is -0.254. The topological polar surface area (TPSA) is 19.7 Å². The molecule has 15 rings (SSSR count). The summed E-state index contributed by atoms with van der Waals surface area (Å²) in [5.41, 5.74) is 19.4. The number of nitrogens with zero attached hydrogens (tertiary/aromatic N) is 4. The molecule has 0 saturated heterocycles. The summed E-state index contributed by atoms with van der Waals surface area (Å²) < 4.78 is 9.82. The van der Waals surface area contributed by atoms with Gasteiger partial charge in [-0.2, -0.15) is 0 Å². The fourth-order valence-electron chi connectivity index (χ4n) is 12.1. The number of benzene rings is 10. The highest BCUT2D eigenvalue weighted by molar-refractivity contribution is 6.14. The molecule has 314 valence electrons. The number of rotatable bonds is 4. The lowest BCUT2D eigenvalue weighted by molar-refractivity contribution is 0.659. The Balaban J connectivity index is 0.891. The zero-order chi connectivity index (χ0) is 44.1. The summed E-state index contributed by atoms with van der Waals surface area (Å²) in [4.78, 5) is 0. The molecule has 0 N–H and O–H groups in total. The van der Waals surface area contributed by atoms with Gasteiger partial charge in [0.05, 0.1) is 44.1 Å². The fourth-order valence-corrected chi connectivity index (χ4v) is 12.1. The Hall–Kier alpha value is -8.60. The van der Waals surface area contributed by atoms with Gasteiger partial charge in [-0.05, 0) is 107 Å². The fraction of sp³-hybridized carbons (Fsp3) is 0.0476. The lowest BCUT2D eigenvalue weighted by Gasteiger charge is -2.23. The van der Waals surface area contributed by atoms with E-state index in [2.05, 4.69) is 251 Å². The van der Waals surface area contributed by atoms with Crippen LogP contribution in [0.3, 0.4) is 0 Å². The van der Waals surface area contributed by atoms with E-state index in [-0.39, 0.29) is 5.41 Å². The minimum Gasteiger partial charge on any atom is -0.309 e. The van der Waals surface area contributed by atoms with E-state index in [9.17, 15) is 0 Å².